The monoisotopic (exact) mass is 682 g/mol. The van der Waals surface area contributed by atoms with Gasteiger partial charge in [0, 0.05) is 32.1 Å². The number of aromatic nitrogens is 1. The number of anilines is 2. The van der Waals surface area contributed by atoms with Gasteiger partial charge in [-0.1, -0.05) is 67.1 Å². The summed E-state index contributed by atoms with van der Waals surface area (Å²) in [6, 6.07) is 30.4. The van der Waals surface area contributed by atoms with Crippen molar-refractivity contribution in [3.8, 4) is 17.0 Å². The summed E-state index contributed by atoms with van der Waals surface area (Å²) < 4.78 is 5.31. The molecule has 0 saturated heterocycles. The van der Waals surface area contributed by atoms with Crippen LogP contribution in [0.3, 0.4) is 0 Å². The third-order valence-corrected chi connectivity index (χ3v) is 9.17. The first-order valence-electron chi connectivity index (χ1n) is 14.6. The van der Waals surface area contributed by atoms with Gasteiger partial charge in [-0.05, 0) is 72.7 Å². The molecule has 1 atom stereocenters. The summed E-state index contributed by atoms with van der Waals surface area (Å²) in [4.78, 5) is 45.1. The number of amides is 3. The zero-order valence-electron chi connectivity index (χ0n) is 25.5. The Morgan fingerprint density at radius 1 is 0.936 bits per heavy atom. The molecule has 1 heterocycles. The molecule has 5 aromatic rings. The van der Waals surface area contributed by atoms with Gasteiger partial charge < -0.3 is 20.7 Å². The van der Waals surface area contributed by atoms with Gasteiger partial charge in [-0.2, -0.15) is 0 Å². The highest BCUT2D eigenvalue weighted by molar-refractivity contribution is 8.00. The first-order valence-corrected chi connectivity index (χ1v) is 16.8. The number of ether oxygens (including phenoxy) is 1. The molecule has 5 rings (SSSR count). The second-order valence-electron chi connectivity index (χ2n) is 10.2. The number of benzene rings is 4. The molecule has 0 aliphatic heterocycles. The van der Waals surface area contributed by atoms with E-state index in [1.807, 2.05) is 48.7 Å². The van der Waals surface area contributed by atoms with E-state index in [0.29, 0.717) is 33.4 Å². The number of carbonyl (C=O) groups excluding carboxylic acids is 3. The SMILES string of the molecule is CCC(Sc1cccc(NC(=O)/C(=C/c2cccc(Cl)c2)NC(=O)c2ccccc2)c1)C(=O)Nc1nc(-c2cccc(OC)c2)cs1. The van der Waals surface area contributed by atoms with Gasteiger partial charge in [-0.25, -0.2) is 4.98 Å². The molecule has 0 radical (unpaired) electrons. The van der Waals surface area contributed by atoms with Crippen LogP contribution in [0.5, 0.6) is 5.75 Å². The van der Waals surface area contributed by atoms with Gasteiger partial charge in [-0.15, -0.1) is 23.1 Å². The predicted octanol–water partition coefficient (Wildman–Crippen LogP) is 8.39. The van der Waals surface area contributed by atoms with Crippen LogP contribution in [-0.4, -0.2) is 35.1 Å². The van der Waals surface area contributed by atoms with Crippen LogP contribution in [0, 0.1) is 0 Å². The lowest BCUT2D eigenvalue weighted by Gasteiger charge is -2.15. The first-order chi connectivity index (χ1) is 22.8. The third kappa shape index (κ3) is 9.32. The second-order valence-corrected chi connectivity index (χ2v) is 12.8. The van der Waals surface area contributed by atoms with E-state index in [1.54, 1.807) is 79.9 Å². The average Bonchev–Trinajstić information content (AvgIpc) is 3.56. The molecule has 1 aromatic heterocycles. The number of carbonyl (C=O) groups is 3. The maximum Gasteiger partial charge on any atom is 0.272 e. The number of rotatable bonds is 12. The van der Waals surface area contributed by atoms with Crippen molar-refractivity contribution >= 4 is 69.3 Å². The Morgan fingerprint density at radius 2 is 1.72 bits per heavy atom. The van der Waals surface area contributed by atoms with Crippen LogP contribution in [0.4, 0.5) is 10.8 Å². The van der Waals surface area contributed by atoms with Crippen molar-refractivity contribution in [2.75, 3.05) is 17.7 Å². The lowest BCUT2D eigenvalue weighted by Crippen LogP contribution is -2.30. The van der Waals surface area contributed by atoms with Crippen LogP contribution in [0.15, 0.2) is 119 Å². The molecule has 3 amide bonds. The fourth-order valence-corrected chi connectivity index (χ4v) is 6.40. The number of methoxy groups -OCH3 is 1. The molecule has 47 heavy (non-hydrogen) atoms. The van der Waals surface area contributed by atoms with E-state index >= 15 is 0 Å². The van der Waals surface area contributed by atoms with E-state index in [-0.39, 0.29) is 11.6 Å². The minimum absolute atomic E-state index is 0.0433. The standard InChI is InChI=1S/C36H31ClN4O4S2/c1-3-32(35(44)41-36-40-31(22-46-36)25-13-8-16-28(20-25)45-2)47-29-17-9-15-27(21-29)38-34(43)30(19-23-10-7-14-26(37)18-23)39-33(42)24-11-5-4-6-12-24/h4-22,32H,3H2,1-2H3,(H,38,43)(H,39,42)(H,40,41,44)/b30-19-. The van der Waals surface area contributed by atoms with E-state index in [4.69, 9.17) is 16.3 Å². The summed E-state index contributed by atoms with van der Waals surface area (Å²) >= 11 is 8.90. The fraction of sp³-hybridized carbons (Fsp3) is 0.111. The van der Waals surface area contributed by atoms with Crippen molar-refractivity contribution in [3.05, 3.63) is 130 Å². The quantitative estimate of drug-likeness (QED) is 0.0901. The molecule has 0 saturated carbocycles. The van der Waals surface area contributed by atoms with E-state index in [1.165, 1.54) is 23.1 Å². The maximum atomic E-state index is 13.5. The van der Waals surface area contributed by atoms with Crippen LogP contribution in [0.2, 0.25) is 5.02 Å². The fourth-order valence-electron chi connectivity index (χ4n) is 4.47. The molecule has 0 bridgehead atoms. The van der Waals surface area contributed by atoms with E-state index < -0.39 is 17.1 Å². The molecule has 0 fully saturated rings. The number of nitrogens with one attached hydrogen (secondary N) is 3. The molecule has 1 unspecified atom stereocenters. The van der Waals surface area contributed by atoms with E-state index in [2.05, 4.69) is 20.9 Å². The van der Waals surface area contributed by atoms with Crippen LogP contribution in [-0.2, 0) is 9.59 Å². The summed E-state index contributed by atoms with van der Waals surface area (Å²) in [6.45, 7) is 1.94. The van der Waals surface area contributed by atoms with Gasteiger partial charge in [0.25, 0.3) is 11.8 Å². The van der Waals surface area contributed by atoms with Crippen LogP contribution >= 0.6 is 34.7 Å². The smallest absolute Gasteiger partial charge is 0.272 e. The summed E-state index contributed by atoms with van der Waals surface area (Å²) in [6.07, 6.45) is 2.13. The van der Waals surface area contributed by atoms with E-state index in [0.717, 1.165) is 21.9 Å². The molecule has 0 aliphatic rings. The normalized spacial score (nSPS) is 11.8. The Labute approximate surface area is 286 Å². The maximum absolute atomic E-state index is 13.5. The number of thiazole rings is 1. The molecular weight excluding hydrogens is 652 g/mol. The van der Waals surface area contributed by atoms with Crippen molar-refractivity contribution in [1.82, 2.24) is 10.3 Å². The van der Waals surface area contributed by atoms with Gasteiger partial charge in [0.05, 0.1) is 18.1 Å². The second kappa shape index (κ2) is 16.1. The highest BCUT2D eigenvalue weighted by Crippen LogP contribution is 2.31. The summed E-state index contributed by atoms with van der Waals surface area (Å²) in [5, 5.41) is 11.0. The summed E-state index contributed by atoms with van der Waals surface area (Å²) in [5.41, 5.74) is 3.25. The van der Waals surface area contributed by atoms with Gasteiger partial charge >= 0.3 is 0 Å². The lowest BCUT2D eigenvalue weighted by molar-refractivity contribution is -0.116. The van der Waals surface area contributed by atoms with Crippen LogP contribution < -0.4 is 20.7 Å². The third-order valence-electron chi connectivity index (χ3n) is 6.82. The zero-order valence-corrected chi connectivity index (χ0v) is 27.9. The Morgan fingerprint density at radius 3 is 2.49 bits per heavy atom. The predicted molar refractivity (Wildman–Crippen MR) is 191 cm³/mol. The number of hydrogen-bond acceptors (Lipinski definition) is 7. The molecule has 238 valence electrons. The van der Waals surface area contributed by atoms with Gasteiger partial charge in [0.1, 0.15) is 11.4 Å². The zero-order chi connectivity index (χ0) is 33.2. The van der Waals surface area contributed by atoms with Gasteiger partial charge in [0.15, 0.2) is 5.13 Å². The van der Waals surface area contributed by atoms with Crippen LogP contribution in [0.25, 0.3) is 17.3 Å². The highest BCUT2D eigenvalue weighted by atomic mass is 35.5. The topological polar surface area (TPSA) is 109 Å². The average molecular weight is 683 g/mol. The number of hydrogen-bond donors (Lipinski definition) is 3. The largest absolute Gasteiger partial charge is 0.497 e. The molecule has 4 aromatic carbocycles. The summed E-state index contributed by atoms with van der Waals surface area (Å²) in [7, 11) is 1.61. The Bertz CT molecular complexity index is 1910. The minimum atomic E-state index is -0.517. The lowest BCUT2D eigenvalue weighted by atomic mass is 10.1. The Hall–Kier alpha value is -4.90. The van der Waals surface area contributed by atoms with E-state index in [9.17, 15) is 14.4 Å². The van der Waals surface area contributed by atoms with Crippen molar-refractivity contribution in [2.24, 2.45) is 0 Å². The first kappa shape index (κ1) is 33.5. The van der Waals surface area contributed by atoms with Crippen molar-refractivity contribution in [2.45, 2.75) is 23.5 Å². The molecular formula is C36H31ClN4O4S2. The van der Waals surface area contributed by atoms with Crippen molar-refractivity contribution < 1.29 is 19.1 Å². The number of nitrogens with zero attached hydrogens (tertiary/aromatic N) is 1. The van der Waals surface area contributed by atoms with Gasteiger partial charge in [-0.3, -0.25) is 14.4 Å². The molecule has 3 N–H and O–H groups in total. The number of halogens is 1. The van der Waals surface area contributed by atoms with Gasteiger partial charge in [0.2, 0.25) is 5.91 Å². The molecule has 0 aliphatic carbocycles. The van der Waals surface area contributed by atoms with Crippen LogP contribution in [0.1, 0.15) is 29.3 Å². The van der Waals surface area contributed by atoms with Crippen molar-refractivity contribution in [3.63, 3.8) is 0 Å². The Kier molecular flexibility index (Phi) is 11.5. The highest BCUT2D eigenvalue weighted by Gasteiger charge is 2.21. The number of thioether (sulfide) groups is 1. The molecule has 0 spiro atoms. The molecule has 11 heteroatoms. The minimum Gasteiger partial charge on any atom is -0.497 e. The van der Waals surface area contributed by atoms with Crippen molar-refractivity contribution in [1.29, 1.82) is 0 Å². The Balaban J connectivity index is 1.27. The molecule has 8 nitrogen and oxygen atoms in total. The summed E-state index contributed by atoms with van der Waals surface area (Å²) in [5.74, 6) is -0.385.